The molecule has 0 aliphatic rings. The van der Waals surface area contributed by atoms with Crippen LogP contribution in [0.4, 0.5) is 0 Å². The van der Waals surface area contributed by atoms with Crippen LogP contribution in [0.5, 0.6) is 0 Å². The van der Waals surface area contributed by atoms with Gasteiger partial charge in [-0.15, -0.1) is 0 Å². The zero-order valence-corrected chi connectivity index (χ0v) is 43.3. The molecule has 0 heterocycles. The van der Waals surface area contributed by atoms with Crippen molar-refractivity contribution in [3.8, 4) is 0 Å². The molecule has 8 nitrogen and oxygen atoms in total. The molecule has 0 radical (unpaired) electrons. The van der Waals surface area contributed by atoms with Gasteiger partial charge in [0.1, 0.15) is 0 Å². The fraction of sp³-hybridized carbons (Fsp3) is 0.917. The Balaban J connectivity index is -0.000000154. The monoisotopic (exact) mass is 885 g/mol. The second kappa shape index (κ2) is 65.4. The second-order valence-electron chi connectivity index (χ2n) is 15.8. The SMILES string of the molecule is CCCCCCCCCCCC(=O)[O-].CCCCCCCCCCCC(=O)[O-].CCCCCCCCCCCC(=O)[O-].CCCCCCCCCCCC(=O)[O-].[Mg+2].[Zn+2]. The van der Waals surface area contributed by atoms with Crippen LogP contribution in [0.1, 0.15) is 285 Å². The predicted molar refractivity (Wildman–Crippen MR) is 233 cm³/mol. The van der Waals surface area contributed by atoms with Crippen LogP contribution in [-0.2, 0) is 38.7 Å². The summed E-state index contributed by atoms with van der Waals surface area (Å²) in [6.45, 7) is 8.89. The van der Waals surface area contributed by atoms with Crippen LogP contribution in [0.2, 0.25) is 0 Å². The van der Waals surface area contributed by atoms with Gasteiger partial charge >= 0.3 is 42.5 Å². The molecule has 0 aliphatic heterocycles. The summed E-state index contributed by atoms with van der Waals surface area (Å²) < 4.78 is 0. The molecule has 0 aromatic heterocycles. The fourth-order valence-corrected chi connectivity index (χ4v) is 6.32. The number of carbonyl (C=O) groups excluding carboxylic acids is 4. The summed E-state index contributed by atoms with van der Waals surface area (Å²) in [6.07, 6.45) is 44.7. The number of hydrogen-bond donors (Lipinski definition) is 0. The fourth-order valence-electron chi connectivity index (χ4n) is 6.32. The quantitative estimate of drug-likeness (QED) is 0.0434. The van der Waals surface area contributed by atoms with Crippen LogP contribution in [0.15, 0.2) is 0 Å². The van der Waals surface area contributed by atoms with Gasteiger partial charge in [0.05, 0.1) is 0 Å². The number of unbranched alkanes of at least 4 members (excludes halogenated alkanes) is 32. The molecule has 0 bridgehead atoms. The van der Waals surface area contributed by atoms with Crippen molar-refractivity contribution in [2.75, 3.05) is 0 Å². The van der Waals surface area contributed by atoms with Gasteiger partial charge in [-0.3, -0.25) is 0 Å². The maximum atomic E-state index is 10.1. The van der Waals surface area contributed by atoms with Crippen molar-refractivity contribution in [3.63, 3.8) is 0 Å². The van der Waals surface area contributed by atoms with Crippen molar-refractivity contribution in [2.45, 2.75) is 285 Å². The molecule has 0 amide bonds. The Morgan fingerprint density at radius 2 is 0.345 bits per heavy atom. The molecule has 0 rings (SSSR count). The van der Waals surface area contributed by atoms with Crippen molar-refractivity contribution in [1.82, 2.24) is 0 Å². The topological polar surface area (TPSA) is 161 Å². The Hall–Kier alpha value is -0.730. The minimum absolute atomic E-state index is 0. The van der Waals surface area contributed by atoms with Gasteiger partial charge in [0.2, 0.25) is 0 Å². The van der Waals surface area contributed by atoms with E-state index < -0.39 is 23.9 Å². The van der Waals surface area contributed by atoms with Gasteiger partial charge < -0.3 is 39.6 Å². The van der Waals surface area contributed by atoms with Gasteiger partial charge in [-0.25, -0.2) is 0 Å². The number of hydrogen-bond acceptors (Lipinski definition) is 8. The van der Waals surface area contributed by atoms with Gasteiger partial charge in [0.15, 0.2) is 0 Å². The molecule has 336 valence electrons. The average molecular weight is 887 g/mol. The molecule has 0 unspecified atom stereocenters. The standard InChI is InChI=1S/4C12H24O2.Mg.Zn/c4*1-2-3-4-5-6-7-8-9-10-11-12(13)14;;/h4*2-11H2,1H3,(H,13,14);;/q;;;;2*+2/p-4. The molecule has 58 heavy (non-hydrogen) atoms. The Labute approximate surface area is 388 Å². The van der Waals surface area contributed by atoms with E-state index in [1.54, 1.807) is 0 Å². The number of carboxylic acid groups (broad SMARTS) is 4. The molecule has 0 saturated heterocycles. The average Bonchev–Trinajstić information content (AvgIpc) is 3.15. The molecular formula is C48H92MgO8Zn. The van der Waals surface area contributed by atoms with Crippen molar-refractivity contribution in [2.24, 2.45) is 0 Å². The number of carbonyl (C=O) groups is 4. The van der Waals surface area contributed by atoms with E-state index in [1.165, 1.54) is 180 Å². The molecule has 0 atom stereocenters. The van der Waals surface area contributed by atoms with E-state index >= 15 is 0 Å². The van der Waals surface area contributed by atoms with Crippen LogP contribution in [0.3, 0.4) is 0 Å². The predicted octanol–water partition coefficient (Wildman–Crippen LogP) is 10.2. The van der Waals surface area contributed by atoms with Crippen LogP contribution in [-0.4, -0.2) is 46.9 Å². The normalized spacial score (nSPS) is 10.0. The molecule has 0 aromatic carbocycles. The van der Waals surface area contributed by atoms with E-state index in [1.807, 2.05) is 0 Å². The molecule has 0 N–H and O–H groups in total. The third-order valence-corrected chi connectivity index (χ3v) is 9.94. The zero-order valence-electron chi connectivity index (χ0n) is 39.0. The Morgan fingerprint density at radius 1 is 0.241 bits per heavy atom. The summed E-state index contributed by atoms with van der Waals surface area (Å²) in [5.74, 6) is -3.64. The maximum absolute atomic E-state index is 10.1. The van der Waals surface area contributed by atoms with E-state index in [9.17, 15) is 39.6 Å². The molecule has 0 spiro atoms. The summed E-state index contributed by atoms with van der Waals surface area (Å²) in [5, 5.41) is 40.4. The first-order chi connectivity index (χ1) is 27.1. The second-order valence-corrected chi connectivity index (χ2v) is 15.8. The number of aliphatic carboxylic acids is 4. The summed E-state index contributed by atoms with van der Waals surface area (Å²) in [4.78, 5) is 40.4. The maximum Gasteiger partial charge on any atom is 2.00 e. The van der Waals surface area contributed by atoms with Crippen LogP contribution < -0.4 is 20.4 Å². The minimum Gasteiger partial charge on any atom is -0.550 e. The van der Waals surface area contributed by atoms with Crippen molar-refractivity contribution in [3.05, 3.63) is 0 Å². The largest absolute Gasteiger partial charge is 2.00 e. The van der Waals surface area contributed by atoms with Crippen molar-refractivity contribution < 1.29 is 59.1 Å². The first-order valence-corrected chi connectivity index (χ1v) is 23.9. The van der Waals surface area contributed by atoms with E-state index in [2.05, 4.69) is 27.7 Å². The summed E-state index contributed by atoms with van der Waals surface area (Å²) in [6, 6.07) is 0. The molecule has 0 aromatic rings. The Morgan fingerprint density at radius 3 is 0.448 bits per heavy atom. The molecular weight excluding hydrogens is 794 g/mol. The van der Waals surface area contributed by atoms with Gasteiger partial charge in [-0.05, 0) is 51.4 Å². The van der Waals surface area contributed by atoms with Crippen molar-refractivity contribution >= 4 is 46.9 Å². The summed E-state index contributed by atoms with van der Waals surface area (Å²) in [7, 11) is 0. The van der Waals surface area contributed by atoms with Crippen LogP contribution in [0.25, 0.3) is 0 Å². The zero-order chi connectivity index (χ0) is 42.6. The number of rotatable bonds is 40. The van der Waals surface area contributed by atoms with Crippen LogP contribution in [0, 0.1) is 0 Å². The Bertz CT molecular complexity index is 672. The third kappa shape index (κ3) is 86.9. The molecule has 0 fully saturated rings. The van der Waals surface area contributed by atoms with Crippen molar-refractivity contribution in [1.29, 1.82) is 0 Å². The van der Waals surface area contributed by atoms with Gasteiger partial charge in [0, 0.05) is 23.9 Å². The smallest absolute Gasteiger partial charge is 0.550 e. The van der Waals surface area contributed by atoms with E-state index in [0.29, 0.717) is 0 Å². The summed E-state index contributed by atoms with van der Waals surface area (Å²) in [5.41, 5.74) is 0. The van der Waals surface area contributed by atoms with Gasteiger partial charge in [0.25, 0.3) is 0 Å². The van der Waals surface area contributed by atoms with E-state index in [-0.39, 0.29) is 68.2 Å². The van der Waals surface area contributed by atoms with Gasteiger partial charge in [-0.1, -0.05) is 233 Å². The first-order valence-electron chi connectivity index (χ1n) is 23.9. The molecule has 0 saturated carbocycles. The minimum atomic E-state index is -0.909. The molecule has 0 aliphatic carbocycles. The van der Waals surface area contributed by atoms with E-state index in [0.717, 1.165) is 51.4 Å². The first kappa shape index (κ1) is 69.0. The van der Waals surface area contributed by atoms with Gasteiger partial charge in [-0.2, -0.15) is 0 Å². The number of carboxylic acids is 4. The molecule has 10 heteroatoms. The third-order valence-electron chi connectivity index (χ3n) is 9.94. The van der Waals surface area contributed by atoms with E-state index in [4.69, 9.17) is 0 Å². The Kier molecular flexibility index (Phi) is 77.8. The summed E-state index contributed by atoms with van der Waals surface area (Å²) >= 11 is 0. The van der Waals surface area contributed by atoms with Crippen LogP contribution >= 0.6 is 0 Å².